The lowest BCUT2D eigenvalue weighted by atomic mass is 9.95. The molecular weight excluding hydrogens is 206 g/mol. The van der Waals surface area contributed by atoms with Gasteiger partial charge in [0.15, 0.2) is 0 Å². The first-order chi connectivity index (χ1) is 7.63. The van der Waals surface area contributed by atoms with Crippen LogP contribution in [-0.2, 0) is 11.3 Å². The van der Waals surface area contributed by atoms with Crippen molar-refractivity contribution in [3.63, 3.8) is 0 Å². The van der Waals surface area contributed by atoms with Gasteiger partial charge in [-0.2, -0.15) is 5.10 Å². The molecule has 1 saturated carbocycles. The summed E-state index contributed by atoms with van der Waals surface area (Å²) in [4.78, 5) is 15.4. The van der Waals surface area contributed by atoms with Gasteiger partial charge in [-0.1, -0.05) is 6.92 Å². The fourth-order valence-corrected chi connectivity index (χ4v) is 2.65. The van der Waals surface area contributed by atoms with Gasteiger partial charge in [0.1, 0.15) is 12.2 Å². The summed E-state index contributed by atoms with van der Waals surface area (Å²) in [5, 5.41) is 13.3. The maximum atomic E-state index is 11.2. The van der Waals surface area contributed by atoms with Crippen LogP contribution in [0.15, 0.2) is 6.33 Å². The number of aryl methyl sites for hydroxylation is 1. The highest BCUT2D eigenvalue weighted by atomic mass is 16.4. The number of aliphatic carboxylic acids is 1. The molecule has 16 heavy (non-hydrogen) atoms. The van der Waals surface area contributed by atoms with Gasteiger partial charge in [0.25, 0.3) is 0 Å². The van der Waals surface area contributed by atoms with Crippen LogP contribution in [0.2, 0.25) is 0 Å². The van der Waals surface area contributed by atoms with Gasteiger partial charge in [-0.15, -0.1) is 0 Å². The molecule has 1 aliphatic carbocycles. The zero-order valence-electron chi connectivity index (χ0n) is 9.63. The Morgan fingerprint density at radius 3 is 3.00 bits per heavy atom. The van der Waals surface area contributed by atoms with Gasteiger partial charge >= 0.3 is 5.97 Å². The average molecular weight is 223 g/mol. The van der Waals surface area contributed by atoms with Crippen LogP contribution in [0.4, 0.5) is 0 Å². The predicted molar refractivity (Wildman–Crippen MR) is 58.0 cm³/mol. The van der Waals surface area contributed by atoms with E-state index in [0.717, 1.165) is 25.2 Å². The third kappa shape index (κ3) is 1.81. The van der Waals surface area contributed by atoms with Crippen LogP contribution in [0.3, 0.4) is 0 Å². The van der Waals surface area contributed by atoms with E-state index in [9.17, 15) is 9.90 Å². The first kappa shape index (κ1) is 11.1. The lowest BCUT2D eigenvalue weighted by Gasteiger charge is -2.15. The lowest BCUT2D eigenvalue weighted by molar-refractivity contribution is -0.142. The van der Waals surface area contributed by atoms with Crippen LogP contribution in [0, 0.1) is 11.8 Å². The van der Waals surface area contributed by atoms with E-state index >= 15 is 0 Å². The van der Waals surface area contributed by atoms with Crippen LogP contribution in [0.5, 0.6) is 0 Å². The van der Waals surface area contributed by atoms with E-state index in [2.05, 4.69) is 17.0 Å². The van der Waals surface area contributed by atoms with Gasteiger partial charge in [-0.3, -0.25) is 9.48 Å². The second-order valence-electron chi connectivity index (χ2n) is 4.56. The second-order valence-corrected chi connectivity index (χ2v) is 4.56. The summed E-state index contributed by atoms with van der Waals surface area (Å²) in [7, 11) is 0. The van der Waals surface area contributed by atoms with Crippen LogP contribution < -0.4 is 0 Å². The number of carbonyl (C=O) groups is 1. The Bertz CT molecular complexity index is 388. The maximum Gasteiger partial charge on any atom is 0.307 e. The lowest BCUT2D eigenvalue weighted by Crippen LogP contribution is -2.20. The van der Waals surface area contributed by atoms with E-state index in [0.29, 0.717) is 5.92 Å². The van der Waals surface area contributed by atoms with Crippen molar-refractivity contribution in [1.82, 2.24) is 14.8 Å². The van der Waals surface area contributed by atoms with E-state index < -0.39 is 5.97 Å². The maximum absolute atomic E-state index is 11.2. The minimum atomic E-state index is -0.708. The largest absolute Gasteiger partial charge is 0.481 e. The quantitative estimate of drug-likeness (QED) is 0.843. The van der Waals surface area contributed by atoms with Crippen molar-refractivity contribution in [2.75, 3.05) is 0 Å². The Balaban J connectivity index is 2.28. The molecule has 1 N–H and O–H groups in total. The van der Waals surface area contributed by atoms with Crippen LogP contribution >= 0.6 is 0 Å². The zero-order valence-corrected chi connectivity index (χ0v) is 9.63. The van der Waals surface area contributed by atoms with Gasteiger partial charge in [0.2, 0.25) is 0 Å². The summed E-state index contributed by atoms with van der Waals surface area (Å²) in [6.45, 7) is 4.83. The van der Waals surface area contributed by atoms with Crippen molar-refractivity contribution in [2.45, 2.75) is 39.2 Å². The summed E-state index contributed by atoms with van der Waals surface area (Å²) in [6.07, 6.45) is 3.16. The molecule has 0 amide bonds. The Hall–Kier alpha value is -1.39. The molecule has 1 aliphatic rings. The van der Waals surface area contributed by atoms with E-state index in [1.807, 2.05) is 6.92 Å². The molecular formula is C11H17N3O2. The van der Waals surface area contributed by atoms with Gasteiger partial charge in [0, 0.05) is 12.5 Å². The molecule has 5 heteroatoms. The molecule has 1 aromatic heterocycles. The Kier molecular flexibility index (Phi) is 2.94. The van der Waals surface area contributed by atoms with Crippen molar-refractivity contribution < 1.29 is 9.90 Å². The molecule has 1 aromatic rings. The molecule has 0 radical (unpaired) electrons. The SMILES string of the molecule is CCn1ncnc1C1CC(C)CC1C(=O)O. The molecule has 2 rings (SSSR count). The van der Waals surface area contributed by atoms with E-state index in [4.69, 9.17) is 0 Å². The molecule has 0 saturated heterocycles. The van der Waals surface area contributed by atoms with Gasteiger partial charge in [0.05, 0.1) is 5.92 Å². The summed E-state index contributed by atoms with van der Waals surface area (Å²) in [6, 6.07) is 0. The molecule has 1 fully saturated rings. The van der Waals surface area contributed by atoms with Crippen LogP contribution in [-0.4, -0.2) is 25.8 Å². The Morgan fingerprint density at radius 2 is 2.38 bits per heavy atom. The number of carboxylic acids is 1. The van der Waals surface area contributed by atoms with E-state index in [-0.39, 0.29) is 11.8 Å². The first-order valence-corrected chi connectivity index (χ1v) is 5.74. The second kappa shape index (κ2) is 4.23. The predicted octanol–water partition coefficient (Wildman–Crippen LogP) is 1.51. The van der Waals surface area contributed by atoms with Gasteiger partial charge in [-0.05, 0) is 25.7 Å². The summed E-state index contributed by atoms with van der Waals surface area (Å²) in [5.74, 6) is 0.298. The first-order valence-electron chi connectivity index (χ1n) is 5.74. The summed E-state index contributed by atoms with van der Waals surface area (Å²) in [5.41, 5.74) is 0. The molecule has 3 atom stereocenters. The number of hydrogen-bond acceptors (Lipinski definition) is 3. The molecule has 0 spiro atoms. The number of carboxylic acid groups (broad SMARTS) is 1. The third-order valence-electron chi connectivity index (χ3n) is 3.39. The number of nitrogens with zero attached hydrogens (tertiary/aromatic N) is 3. The van der Waals surface area contributed by atoms with Crippen molar-refractivity contribution in [3.05, 3.63) is 12.2 Å². The summed E-state index contributed by atoms with van der Waals surface area (Å²) >= 11 is 0. The van der Waals surface area contributed by atoms with Crippen LogP contribution in [0.25, 0.3) is 0 Å². The zero-order chi connectivity index (χ0) is 11.7. The monoisotopic (exact) mass is 223 g/mol. The highest BCUT2D eigenvalue weighted by Gasteiger charge is 2.40. The number of hydrogen-bond donors (Lipinski definition) is 1. The third-order valence-corrected chi connectivity index (χ3v) is 3.39. The minimum absolute atomic E-state index is 0.0231. The van der Waals surface area contributed by atoms with Crippen molar-refractivity contribution in [2.24, 2.45) is 11.8 Å². The number of rotatable bonds is 3. The van der Waals surface area contributed by atoms with Gasteiger partial charge < -0.3 is 5.11 Å². The van der Waals surface area contributed by atoms with E-state index in [1.165, 1.54) is 6.33 Å². The standard InChI is InChI=1S/C11H17N3O2/c1-3-14-10(12-6-13-14)8-4-7(2)5-9(8)11(15)16/h6-9H,3-5H2,1-2H3,(H,15,16). The average Bonchev–Trinajstić information content (AvgIpc) is 2.82. The molecule has 5 nitrogen and oxygen atoms in total. The highest BCUT2D eigenvalue weighted by Crippen LogP contribution is 2.42. The molecule has 88 valence electrons. The molecule has 0 aliphatic heterocycles. The molecule has 0 aromatic carbocycles. The Labute approximate surface area is 94.5 Å². The molecule has 3 unspecified atom stereocenters. The number of aromatic nitrogens is 3. The van der Waals surface area contributed by atoms with Crippen LogP contribution in [0.1, 0.15) is 38.4 Å². The van der Waals surface area contributed by atoms with Crippen molar-refractivity contribution in [3.8, 4) is 0 Å². The fourth-order valence-electron chi connectivity index (χ4n) is 2.65. The molecule has 1 heterocycles. The smallest absolute Gasteiger partial charge is 0.307 e. The van der Waals surface area contributed by atoms with Crippen molar-refractivity contribution in [1.29, 1.82) is 0 Å². The normalized spacial score (nSPS) is 29.5. The summed E-state index contributed by atoms with van der Waals surface area (Å²) < 4.78 is 1.80. The minimum Gasteiger partial charge on any atom is -0.481 e. The van der Waals surface area contributed by atoms with Gasteiger partial charge in [-0.25, -0.2) is 4.98 Å². The topological polar surface area (TPSA) is 68.0 Å². The van der Waals surface area contributed by atoms with E-state index in [1.54, 1.807) is 4.68 Å². The Morgan fingerprint density at radius 1 is 1.62 bits per heavy atom. The fraction of sp³-hybridized carbons (Fsp3) is 0.727. The molecule has 0 bridgehead atoms. The highest BCUT2D eigenvalue weighted by molar-refractivity contribution is 5.71. The van der Waals surface area contributed by atoms with Crippen molar-refractivity contribution >= 4 is 5.97 Å².